The van der Waals surface area contributed by atoms with Crippen molar-refractivity contribution in [1.29, 1.82) is 0 Å². The SMILES string of the molecule is NC(=O)C1CCN(C(=O)CN2CCCCC2=O)CC1. The van der Waals surface area contributed by atoms with Gasteiger partial charge in [-0.25, -0.2) is 0 Å². The average Bonchev–Trinajstić information content (AvgIpc) is 2.41. The number of primary amides is 1. The Labute approximate surface area is 112 Å². The predicted molar refractivity (Wildman–Crippen MR) is 68.9 cm³/mol. The normalized spacial score (nSPS) is 21.6. The second kappa shape index (κ2) is 6.04. The van der Waals surface area contributed by atoms with Crippen molar-refractivity contribution < 1.29 is 14.4 Å². The second-order valence-electron chi connectivity index (χ2n) is 5.33. The quantitative estimate of drug-likeness (QED) is 0.763. The molecule has 0 saturated carbocycles. The summed E-state index contributed by atoms with van der Waals surface area (Å²) in [6.07, 6.45) is 3.72. The maximum atomic E-state index is 12.1. The lowest BCUT2D eigenvalue weighted by molar-refractivity contribution is -0.143. The summed E-state index contributed by atoms with van der Waals surface area (Å²) in [5, 5.41) is 0. The molecule has 0 bridgehead atoms. The van der Waals surface area contributed by atoms with Crippen LogP contribution in [0.15, 0.2) is 0 Å². The zero-order valence-electron chi connectivity index (χ0n) is 11.1. The molecule has 2 rings (SSSR count). The van der Waals surface area contributed by atoms with Crippen molar-refractivity contribution in [2.24, 2.45) is 11.7 Å². The van der Waals surface area contributed by atoms with E-state index in [1.807, 2.05) is 0 Å². The summed E-state index contributed by atoms with van der Waals surface area (Å²) in [4.78, 5) is 38.2. The number of nitrogens with two attached hydrogens (primary N) is 1. The van der Waals surface area contributed by atoms with E-state index in [2.05, 4.69) is 0 Å². The number of amides is 3. The van der Waals surface area contributed by atoms with Gasteiger partial charge in [-0.15, -0.1) is 0 Å². The maximum Gasteiger partial charge on any atom is 0.242 e. The van der Waals surface area contributed by atoms with Gasteiger partial charge in [0.2, 0.25) is 17.7 Å². The van der Waals surface area contributed by atoms with Gasteiger partial charge in [0.25, 0.3) is 0 Å². The first kappa shape index (κ1) is 13.8. The van der Waals surface area contributed by atoms with Gasteiger partial charge in [0.15, 0.2) is 0 Å². The molecule has 0 aromatic rings. The number of piperidine rings is 2. The van der Waals surface area contributed by atoms with Gasteiger partial charge < -0.3 is 15.5 Å². The largest absolute Gasteiger partial charge is 0.369 e. The van der Waals surface area contributed by atoms with E-state index in [1.54, 1.807) is 9.80 Å². The molecule has 6 heteroatoms. The topological polar surface area (TPSA) is 83.7 Å². The Kier molecular flexibility index (Phi) is 4.39. The van der Waals surface area contributed by atoms with Crippen molar-refractivity contribution >= 4 is 17.7 Å². The summed E-state index contributed by atoms with van der Waals surface area (Å²) in [5.41, 5.74) is 5.26. The first-order valence-electron chi connectivity index (χ1n) is 6.93. The third-order valence-corrected chi connectivity index (χ3v) is 4.00. The van der Waals surface area contributed by atoms with Crippen molar-refractivity contribution in [2.45, 2.75) is 32.1 Å². The second-order valence-corrected chi connectivity index (χ2v) is 5.33. The zero-order valence-corrected chi connectivity index (χ0v) is 11.1. The fraction of sp³-hybridized carbons (Fsp3) is 0.769. The van der Waals surface area contributed by atoms with Crippen LogP contribution in [0.4, 0.5) is 0 Å². The number of nitrogens with zero attached hydrogens (tertiary/aromatic N) is 2. The molecule has 3 amide bonds. The smallest absolute Gasteiger partial charge is 0.242 e. The van der Waals surface area contributed by atoms with Gasteiger partial charge in [0.05, 0.1) is 6.54 Å². The minimum atomic E-state index is -0.279. The molecule has 2 N–H and O–H groups in total. The number of likely N-dealkylation sites (tertiary alicyclic amines) is 2. The lowest BCUT2D eigenvalue weighted by atomic mass is 9.96. The number of rotatable bonds is 3. The summed E-state index contributed by atoms with van der Waals surface area (Å²) < 4.78 is 0. The van der Waals surface area contributed by atoms with Crippen molar-refractivity contribution in [3.63, 3.8) is 0 Å². The number of hydrogen-bond donors (Lipinski definition) is 1. The molecule has 0 aromatic heterocycles. The maximum absolute atomic E-state index is 12.1. The van der Waals surface area contributed by atoms with Gasteiger partial charge in [-0.2, -0.15) is 0 Å². The van der Waals surface area contributed by atoms with E-state index < -0.39 is 0 Å². The van der Waals surface area contributed by atoms with Crippen LogP contribution in [0.5, 0.6) is 0 Å². The summed E-state index contributed by atoms with van der Waals surface area (Å²) in [7, 11) is 0. The molecule has 0 aliphatic carbocycles. The van der Waals surface area contributed by atoms with Crippen molar-refractivity contribution in [2.75, 3.05) is 26.2 Å². The van der Waals surface area contributed by atoms with Gasteiger partial charge in [0, 0.05) is 32.0 Å². The van der Waals surface area contributed by atoms with Gasteiger partial charge in [-0.3, -0.25) is 14.4 Å². The number of hydrogen-bond acceptors (Lipinski definition) is 3. The van der Waals surface area contributed by atoms with Crippen LogP contribution < -0.4 is 5.73 Å². The fourth-order valence-corrected chi connectivity index (χ4v) is 2.71. The Bertz CT molecular complexity index is 375. The Balaban J connectivity index is 1.81. The van der Waals surface area contributed by atoms with Crippen LogP contribution in [0.1, 0.15) is 32.1 Å². The highest BCUT2D eigenvalue weighted by Crippen LogP contribution is 2.17. The third kappa shape index (κ3) is 3.45. The van der Waals surface area contributed by atoms with Crippen molar-refractivity contribution in [3.8, 4) is 0 Å². The predicted octanol–water partition coefficient (Wildman–Crippen LogP) is -0.277. The highest BCUT2D eigenvalue weighted by Gasteiger charge is 2.28. The molecule has 0 unspecified atom stereocenters. The summed E-state index contributed by atoms with van der Waals surface area (Å²) in [5.74, 6) is -0.330. The molecule has 0 spiro atoms. The van der Waals surface area contributed by atoms with Crippen molar-refractivity contribution in [3.05, 3.63) is 0 Å². The van der Waals surface area contributed by atoms with Crippen LogP contribution >= 0.6 is 0 Å². The molecule has 19 heavy (non-hydrogen) atoms. The molecule has 2 fully saturated rings. The monoisotopic (exact) mass is 267 g/mol. The molecule has 0 atom stereocenters. The lowest BCUT2D eigenvalue weighted by Gasteiger charge is -2.33. The Morgan fingerprint density at radius 3 is 2.42 bits per heavy atom. The Hall–Kier alpha value is -1.59. The molecule has 0 radical (unpaired) electrons. The summed E-state index contributed by atoms with van der Waals surface area (Å²) in [6, 6.07) is 0. The number of carbonyl (C=O) groups excluding carboxylic acids is 3. The molecular formula is C13H21N3O3. The highest BCUT2D eigenvalue weighted by atomic mass is 16.2. The highest BCUT2D eigenvalue weighted by molar-refractivity contribution is 5.85. The number of carbonyl (C=O) groups is 3. The van der Waals surface area contributed by atoms with Crippen LogP contribution in [0.2, 0.25) is 0 Å². The van der Waals surface area contributed by atoms with E-state index in [0.717, 1.165) is 12.8 Å². The van der Waals surface area contributed by atoms with Crippen LogP contribution in [-0.2, 0) is 14.4 Å². The molecule has 6 nitrogen and oxygen atoms in total. The molecule has 2 aliphatic rings. The Morgan fingerprint density at radius 2 is 1.84 bits per heavy atom. The fourth-order valence-electron chi connectivity index (χ4n) is 2.71. The lowest BCUT2D eigenvalue weighted by Crippen LogP contribution is -2.48. The molecule has 2 heterocycles. The zero-order chi connectivity index (χ0) is 13.8. The average molecular weight is 267 g/mol. The first-order chi connectivity index (χ1) is 9.08. The third-order valence-electron chi connectivity index (χ3n) is 4.00. The van der Waals surface area contributed by atoms with Crippen LogP contribution in [0.25, 0.3) is 0 Å². The Morgan fingerprint density at radius 1 is 1.16 bits per heavy atom. The van der Waals surface area contributed by atoms with Gasteiger partial charge >= 0.3 is 0 Å². The first-order valence-corrected chi connectivity index (χ1v) is 6.93. The van der Waals surface area contributed by atoms with E-state index in [-0.39, 0.29) is 30.2 Å². The molecule has 106 valence electrons. The molecular weight excluding hydrogens is 246 g/mol. The van der Waals surface area contributed by atoms with E-state index in [0.29, 0.717) is 38.9 Å². The van der Waals surface area contributed by atoms with E-state index in [4.69, 9.17) is 5.73 Å². The van der Waals surface area contributed by atoms with Gasteiger partial charge in [-0.05, 0) is 25.7 Å². The standard InChI is InChI=1S/C13H21N3O3/c14-13(19)10-4-7-15(8-5-10)12(18)9-16-6-2-1-3-11(16)17/h10H,1-9H2,(H2,14,19). The molecule has 2 aliphatic heterocycles. The van der Waals surface area contributed by atoms with E-state index in [1.165, 1.54) is 0 Å². The minimum Gasteiger partial charge on any atom is -0.369 e. The van der Waals surface area contributed by atoms with Gasteiger partial charge in [0.1, 0.15) is 0 Å². The minimum absolute atomic E-state index is 0.0156. The van der Waals surface area contributed by atoms with Gasteiger partial charge in [-0.1, -0.05) is 0 Å². The van der Waals surface area contributed by atoms with Crippen LogP contribution in [0, 0.1) is 5.92 Å². The van der Waals surface area contributed by atoms with Crippen molar-refractivity contribution in [1.82, 2.24) is 9.80 Å². The van der Waals surface area contributed by atoms with Crippen LogP contribution in [-0.4, -0.2) is 53.7 Å². The summed E-state index contributed by atoms with van der Waals surface area (Å²) >= 11 is 0. The van der Waals surface area contributed by atoms with Crippen LogP contribution in [0.3, 0.4) is 0 Å². The van der Waals surface area contributed by atoms with E-state index >= 15 is 0 Å². The molecule has 2 saturated heterocycles. The molecule has 0 aromatic carbocycles. The summed E-state index contributed by atoms with van der Waals surface area (Å²) in [6.45, 7) is 1.99. The van der Waals surface area contributed by atoms with E-state index in [9.17, 15) is 14.4 Å².